The highest BCUT2D eigenvalue weighted by atomic mass is 79.9. The Kier molecular flexibility index (Phi) is 3.94. The van der Waals surface area contributed by atoms with Gasteiger partial charge in [0.25, 0.3) is 0 Å². The van der Waals surface area contributed by atoms with Gasteiger partial charge in [-0.3, -0.25) is 4.79 Å². The summed E-state index contributed by atoms with van der Waals surface area (Å²) < 4.78 is 20.1. The Balaban J connectivity index is 2.49. The normalized spacial score (nSPS) is 31.2. The van der Waals surface area contributed by atoms with E-state index in [0.29, 0.717) is 4.47 Å². The highest BCUT2D eigenvalue weighted by molar-refractivity contribution is 9.10. The fraction of sp³-hybridized carbons (Fsp3) is 0.462. The lowest BCUT2D eigenvalue weighted by molar-refractivity contribution is -0.153. The minimum absolute atomic E-state index is 0.0154. The van der Waals surface area contributed by atoms with E-state index in [0.717, 1.165) is 0 Å². The van der Waals surface area contributed by atoms with E-state index in [1.165, 1.54) is 12.1 Å². The molecule has 6 heteroatoms. The maximum Gasteiger partial charge on any atom is 0.308 e. The van der Waals surface area contributed by atoms with E-state index in [1.807, 2.05) is 0 Å². The third-order valence-corrected chi connectivity index (χ3v) is 4.02. The first-order valence-corrected chi connectivity index (χ1v) is 6.72. The van der Waals surface area contributed by atoms with E-state index in [9.17, 15) is 14.3 Å². The van der Waals surface area contributed by atoms with Gasteiger partial charge in [-0.25, -0.2) is 4.39 Å². The molecule has 0 amide bonds. The van der Waals surface area contributed by atoms with Gasteiger partial charge in [-0.15, -0.1) is 0 Å². The molecule has 0 spiro atoms. The van der Waals surface area contributed by atoms with E-state index >= 15 is 0 Å². The van der Waals surface area contributed by atoms with Crippen molar-refractivity contribution in [1.29, 1.82) is 0 Å². The summed E-state index contributed by atoms with van der Waals surface area (Å²) in [5, 5.41) is 9.34. The highest BCUT2D eigenvalue weighted by Crippen LogP contribution is 2.38. The fourth-order valence-corrected chi connectivity index (χ4v) is 2.79. The van der Waals surface area contributed by atoms with Crippen LogP contribution in [0.15, 0.2) is 22.7 Å². The van der Waals surface area contributed by atoms with Crippen molar-refractivity contribution in [2.45, 2.75) is 25.0 Å². The molecule has 1 fully saturated rings. The van der Waals surface area contributed by atoms with Gasteiger partial charge in [0.15, 0.2) is 0 Å². The Morgan fingerprint density at radius 3 is 2.95 bits per heavy atom. The number of hydrogen-bond donors (Lipinski definition) is 2. The molecule has 1 saturated heterocycles. The van der Waals surface area contributed by atoms with Crippen LogP contribution < -0.4 is 5.73 Å². The lowest BCUT2D eigenvalue weighted by Gasteiger charge is -2.41. The van der Waals surface area contributed by atoms with Crippen LogP contribution in [-0.2, 0) is 15.1 Å². The Morgan fingerprint density at radius 1 is 1.63 bits per heavy atom. The summed E-state index contributed by atoms with van der Waals surface area (Å²) in [6.45, 7) is 1.77. The molecule has 1 aliphatic heterocycles. The number of ether oxygens (including phenoxy) is 1. The minimum atomic E-state index is -1.35. The number of carboxylic acid groups (broad SMARTS) is 1. The van der Waals surface area contributed by atoms with Crippen molar-refractivity contribution < 1.29 is 19.0 Å². The summed E-state index contributed by atoms with van der Waals surface area (Å²) in [5.41, 5.74) is 5.00. The standard InChI is InChI=1S/C13H15BrFNO3/c1-7-4-10(12(17)18)13(16,6-19-7)9-5-8(14)2-3-11(9)15/h2-3,5,7,10H,4,6,16H2,1H3,(H,17,18)/t7-,10-,13+/m0/s1. The minimum Gasteiger partial charge on any atom is -0.481 e. The molecule has 0 bridgehead atoms. The second-order valence-corrected chi connectivity index (χ2v) is 5.83. The van der Waals surface area contributed by atoms with E-state index in [-0.39, 0.29) is 24.7 Å². The zero-order valence-electron chi connectivity index (χ0n) is 10.4. The average Bonchev–Trinajstić information content (AvgIpc) is 2.35. The molecule has 0 aromatic heterocycles. The van der Waals surface area contributed by atoms with E-state index < -0.39 is 23.2 Å². The number of rotatable bonds is 2. The van der Waals surface area contributed by atoms with Crippen LogP contribution in [0.3, 0.4) is 0 Å². The van der Waals surface area contributed by atoms with Crippen molar-refractivity contribution in [3.05, 3.63) is 34.1 Å². The number of nitrogens with two attached hydrogens (primary N) is 1. The number of aliphatic carboxylic acids is 1. The van der Waals surface area contributed by atoms with Crippen LogP contribution >= 0.6 is 15.9 Å². The molecule has 0 unspecified atom stereocenters. The zero-order valence-corrected chi connectivity index (χ0v) is 12.0. The fourth-order valence-electron chi connectivity index (χ4n) is 2.43. The highest BCUT2D eigenvalue weighted by Gasteiger charge is 2.47. The maximum atomic E-state index is 14.0. The molecule has 1 aromatic carbocycles. The van der Waals surface area contributed by atoms with Gasteiger partial charge in [-0.2, -0.15) is 0 Å². The predicted octanol–water partition coefficient (Wildman–Crippen LogP) is 2.25. The summed E-state index contributed by atoms with van der Waals surface area (Å²) in [4.78, 5) is 11.4. The number of halogens is 2. The number of hydrogen-bond acceptors (Lipinski definition) is 3. The lowest BCUT2D eigenvalue weighted by atomic mass is 9.75. The maximum absolute atomic E-state index is 14.0. The van der Waals surface area contributed by atoms with Gasteiger partial charge in [0.2, 0.25) is 0 Å². The molecule has 4 nitrogen and oxygen atoms in total. The monoisotopic (exact) mass is 331 g/mol. The van der Waals surface area contributed by atoms with Crippen molar-refractivity contribution in [2.24, 2.45) is 11.7 Å². The van der Waals surface area contributed by atoms with Crippen molar-refractivity contribution in [2.75, 3.05) is 6.61 Å². The summed E-state index contributed by atoms with van der Waals surface area (Å²) in [5.74, 6) is -2.42. The smallest absolute Gasteiger partial charge is 0.308 e. The largest absolute Gasteiger partial charge is 0.481 e. The number of benzene rings is 1. The van der Waals surface area contributed by atoms with Crippen LogP contribution in [-0.4, -0.2) is 23.8 Å². The first-order valence-electron chi connectivity index (χ1n) is 5.93. The van der Waals surface area contributed by atoms with Gasteiger partial charge in [-0.05, 0) is 31.5 Å². The number of carbonyl (C=O) groups is 1. The van der Waals surface area contributed by atoms with Gasteiger partial charge in [0.05, 0.1) is 24.2 Å². The van der Waals surface area contributed by atoms with Crippen molar-refractivity contribution in [3.63, 3.8) is 0 Å². The molecule has 19 heavy (non-hydrogen) atoms. The second kappa shape index (κ2) is 5.19. The Hall–Kier alpha value is -0.980. The third-order valence-electron chi connectivity index (χ3n) is 3.52. The second-order valence-electron chi connectivity index (χ2n) is 4.91. The zero-order chi connectivity index (χ0) is 14.2. The van der Waals surface area contributed by atoms with Gasteiger partial charge in [0.1, 0.15) is 5.82 Å². The van der Waals surface area contributed by atoms with Crippen LogP contribution in [0.25, 0.3) is 0 Å². The summed E-state index contributed by atoms with van der Waals surface area (Å²) in [6.07, 6.45) is 0.0608. The topological polar surface area (TPSA) is 72.5 Å². The van der Waals surface area contributed by atoms with Crippen LogP contribution in [0.2, 0.25) is 0 Å². The van der Waals surface area contributed by atoms with Crippen LogP contribution in [0.4, 0.5) is 4.39 Å². The SMILES string of the molecule is C[C@H]1C[C@@H](C(=O)O)[C@](N)(c2cc(Br)ccc2F)CO1. The predicted molar refractivity (Wildman–Crippen MR) is 71.1 cm³/mol. The van der Waals surface area contributed by atoms with E-state index in [1.54, 1.807) is 13.0 Å². The van der Waals surface area contributed by atoms with Gasteiger partial charge in [-0.1, -0.05) is 15.9 Å². The van der Waals surface area contributed by atoms with Crippen molar-refractivity contribution >= 4 is 21.9 Å². The molecule has 0 saturated carbocycles. The lowest BCUT2D eigenvalue weighted by Crippen LogP contribution is -2.56. The first kappa shape index (κ1) is 14.4. The summed E-state index contributed by atoms with van der Waals surface area (Å²) in [6, 6.07) is 4.33. The Labute approximate surface area is 118 Å². The summed E-state index contributed by atoms with van der Waals surface area (Å²) in [7, 11) is 0. The molecular formula is C13H15BrFNO3. The van der Waals surface area contributed by atoms with Crippen LogP contribution in [0.5, 0.6) is 0 Å². The van der Waals surface area contributed by atoms with Crippen molar-refractivity contribution in [1.82, 2.24) is 0 Å². The Morgan fingerprint density at radius 2 is 2.32 bits per heavy atom. The Bertz CT molecular complexity index is 511. The van der Waals surface area contributed by atoms with Crippen molar-refractivity contribution in [3.8, 4) is 0 Å². The molecule has 0 aliphatic carbocycles. The van der Waals surface area contributed by atoms with Gasteiger partial charge in [0, 0.05) is 10.0 Å². The van der Waals surface area contributed by atoms with E-state index in [2.05, 4.69) is 15.9 Å². The van der Waals surface area contributed by atoms with Crippen LogP contribution in [0.1, 0.15) is 18.9 Å². The first-order chi connectivity index (χ1) is 8.84. The number of carboxylic acids is 1. The third kappa shape index (κ3) is 2.66. The molecule has 1 heterocycles. The molecule has 2 rings (SSSR count). The molecular weight excluding hydrogens is 317 g/mol. The molecule has 1 aromatic rings. The quantitative estimate of drug-likeness (QED) is 0.871. The van der Waals surface area contributed by atoms with Crippen LogP contribution in [0, 0.1) is 11.7 Å². The van der Waals surface area contributed by atoms with Gasteiger partial charge < -0.3 is 15.6 Å². The molecule has 3 atom stereocenters. The molecule has 1 aliphatic rings. The molecule has 3 N–H and O–H groups in total. The van der Waals surface area contributed by atoms with E-state index in [4.69, 9.17) is 10.5 Å². The molecule has 0 radical (unpaired) electrons. The van der Waals surface area contributed by atoms with Gasteiger partial charge >= 0.3 is 5.97 Å². The summed E-state index contributed by atoms with van der Waals surface area (Å²) >= 11 is 3.25. The average molecular weight is 332 g/mol. The molecule has 104 valence electrons.